The molecule has 0 aliphatic carbocycles. The molecule has 0 unspecified atom stereocenters. The van der Waals surface area contributed by atoms with Crippen LogP contribution in [-0.2, 0) is 10.0 Å². The minimum atomic E-state index is -3.73. The Hall–Kier alpha value is -1.18. The molecular formula is C14H11Br2NO3S. The Bertz CT molecular complexity index is 774. The van der Waals surface area contributed by atoms with Crippen molar-refractivity contribution in [3.05, 3.63) is 57.0 Å². The molecule has 0 amide bonds. The molecule has 0 radical (unpaired) electrons. The van der Waals surface area contributed by atoms with Crippen molar-refractivity contribution in [3.8, 4) is 5.75 Å². The van der Waals surface area contributed by atoms with Gasteiger partial charge in [-0.3, -0.25) is 0 Å². The summed E-state index contributed by atoms with van der Waals surface area (Å²) in [5.41, 5.74) is 0.554. The van der Waals surface area contributed by atoms with Crippen LogP contribution in [0, 0.1) is 0 Å². The van der Waals surface area contributed by atoms with Gasteiger partial charge in [0.1, 0.15) is 5.75 Å². The molecule has 0 spiro atoms. The summed E-state index contributed by atoms with van der Waals surface area (Å²) < 4.78 is 34.7. The lowest BCUT2D eigenvalue weighted by atomic mass is 10.2. The third kappa shape index (κ3) is 3.93. The van der Waals surface area contributed by atoms with Crippen LogP contribution in [0.15, 0.2) is 60.7 Å². The average Bonchev–Trinajstić information content (AvgIpc) is 2.46. The van der Waals surface area contributed by atoms with Crippen LogP contribution in [0.1, 0.15) is 5.56 Å². The molecule has 4 nitrogen and oxygen atoms in total. The molecule has 7 heteroatoms. The van der Waals surface area contributed by atoms with Gasteiger partial charge in [-0.25, -0.2) is 0 Å². The molecule has 21 heavy (non-hydrogen) atoms. The fourth-order valence-corrected chi connectivity index (χ4v) is 3.97. The molecule has 0 atom stereocenters. The van der Waals surface area contributed by atoms with E-state index in [-0.39, 0.29) is 4.90 Å². The molecule has 0 saturated carbocycles. The summed E-state index contributed by atoms with van der Waals surface area (Å²) in [5, 5.41) is 0. The molecule has 0 aliphatic heterocycles. The van der Waals surface area contributed by atoms with Gasteiger partial charge in [-0.2, -0.15) is 12.8 Å². The van der Waals surface area contributed by atoms with Crippen molar-refractivity contribution in [2.24, 2.45) is 4.40 Å². The van der Waals surface area contributed by atoms with E-state index >= 15 is 0 Å². The topological polar surface area (TPSA) is 55.7 Å². The van der Waals surface area contributed by atoms with Gasteiger partial charge in [0.15, 0.2) is 0 Å². The van der Waals surface area contributed by atoms with Gasteiger partial charge in [0, 0.05) is 10.0 Å². The molecule has 0 bridgehead atoms. The van der Waals surface area contributed by atoms with Gasteiger partial charge in [0.25, 0.3) is 10.0 Å². The van der Waals surface area contributed by atoms with Crippen LogP contribution in [0.4, 0.5) is 0 Å². The summed E-state index contributed by atoms with van der Waals surface area (Å²) in [5.74, 6) is 0.519. The zero-order valence-electron chi connectivity index (χ0n) is 11.0. The van der Waals surface area contributed by atoms with E-state index < -0.39 is 10.0 Å². The number of methoxy groups -OCH3 is 1. The van der Waals surface area contributed by atoms with E-state index in [9.17, 15) is 8.42 Å². The molecule has 2 aromatic rings. The highest BCUT2D eigenvalue weighted by Crippen LogP contribution is 2.31. The molecule has 110 valence electrons. The number of ether oxygens (including phenoxy) is 1. The molecule has 2 aromatic carbocycles. The maximum Gasteiger partial charge on any atom is 0.282 e. The number of sulfonamides is 1. The van der Waals surface area contributed by atoms with Crippen molar-refractivity contribution in [3.63, 3.8) is 0 Å². The third-order valence-corrected chi connectivity index (χ3v) is 4.91. The standard InChI is InChI=1S/C14H11Br2NO3S/c1-20-14-10(7-11(15)8-13(14)16)9-17-21(18,19)12-5-3-2-4-6-12/h2-9H,1H3/b17-9-. The Morgan fingerprint density at radius 3 is 2.43 bits per heavy atom. The quantitative estimate of drug-likeness (QED) is 0.685. The summed E-state index contributed by atoms with van der Waals surface area (Å²) in [6, 6.07) is 11.6. The lowest BCUT2D eigenvalue weighted by Gasteiger charge is -2.07. The molecule has 0 fully saturated rings. The maximum atomic E-state index is 12.1. The Labute approximate surface area is 140 Å². The van der Waals surface area contributed by atoms with Crippen LogP contribution in [0.25, 0.3) is 0 Å². The number of benzene rings is 2. The highest BCUT2D eigenvalue weighted by molar-refractivity contribution is 9.11. The van der Waals surface area contributed by atoms with Crippen molar-refractivity contribution in [2.45, 2.75) is 4.90 Å². The number of nitrogens with zero attached hydrogens (tertiary/aromatic N) is 1. The molecule has 0 aliphatic rings. The van der Waals surface area contributed by atoms with Gasteiger partial charge in [-0.15, -0.1) is 0 Å². The Kier molecular flexibility index (Phi) is 5.18. The molecule has 0 heterocycles. The Balaban J connectivity index is 2.43. The van der Waals surface area contributed by atoms with Gasteiger partial charge < -0.3 is 4.74 Å². The van der Waals surface area contributed by atoms with Crippen molar-refractivity contribution >= 4 is 48.1 Å². The van der Waals surface area contributed by atoms with Gasteiger partial charge >= 0.3 is 0 Å². The number of halogens is 2. The predicted octanol–water partition coefficient (Wildman–Crippen LogP) is 4.03. The summed E-state index contributed by atoms with van der Waals surface area (Å²) in [6.45, 7) is 0. The SMILES string of the molecule is COc1c(Br)cc(Br)cc1/C=N\S(=O)(=O)c1ccccc1. The minimum Gasteiger partial charge on any atom is -0.495 e. The summed E-state index contributed by atoms with van der Waals surface area (Å²) in [4.78, 5) is 0.147. The lowest BCUT2D eigenvalue weighted by Crippen LogP contribution is -1.99. The van der Waals surface area contributed by atoms with Crippen molar-refractivity contribution in [1.29, 1.82) is 0 Å². The maximum absolute atomic E-state index is 12.1. The monoisotopic (exact) mass is 431 g/mol. The highest BCUT2D eigenvalue weighted by Gasteiger charge is 2.12. The first-order valence-electron chi connectivity index (χ1n) is 5.82. The van der Waals surface area contributed by atoms with Gasteiger partial charge in [0.2, 0.25) is 0 Å². The summed E-state index contributed by atoms with van der Waals surface area (Å²) in [7, 11) is -2.21. The molecule has 0 saturated heterocycles. The summed E-state index contributed by atoms with van der Waals surface area (Å²) >= 11 is 6.70. The van der Waals surface area contributed by atoms with E-state index in [0.29, 0.717) is 15.8 Å². The average molecular weight is 433 g/mol. The van der Waals surface area contributed by atoms with Crippen molar-refractivity contribution in [2.75, 3.05) is 7.11 Å². The smallest absolute Gasteiger partial charge is 0.282 e. The first-order chi connectivity index (χ1) is 9.94. The van der Waals surface area contributed by atoms with E-state index in [1.807, 2.05) is 6.07 Å². The van der Waals surface area contributed by atoms with E-state index in [4.69, 9.17) is 4.74 Å². The fourth-order valence-electron chi connectivity index (χ4n) is 1.67. The van der Waals surface area contributed by atoms with Crippen LogP contribution < -0.4 is 4.74 Å². The van der Waals surface area contributed by atoms with E-state index in [2.05, 4.69) is 36.3 Å². The minimum absolute atomic E-state index is 0.147. The third-order valence-electron chi connectivity index (χ3n) is 2.61. The first-order valence-corrected chi connectivity index (χ1v) is 8.85. The fraction of sp³-hybridized carbons (Fsp3) is 0.0714. The molecular weight excluding hydrogens is 422 g/mol. The molecule has 2 rings (SSSR count). The van der Waals surface area contributed by atoms with E-state index in [1.165, 1.54) is 25.5 Å². The zero-order chi connectivity index (χ0) is 15.5. The molecule has 0 aromatic heterocycles. The van der Waals surface area contributed by atoms with Crippen LogP contribution in [-0.4, -0.2) is 21.7 Å². The van der Waals surface area contributed by atoms with Gasteiger partial charge in [0.05, 0.1) is 22.7 Å². The van der Waals surface area contributed by atoms with Crippen molar-refractivity contribution in [1.82, 2.24) is 0 Å². The second kappa shape index (κ2) is 6.72. The van der Waals surface area contributed by atoms with Gasteiger partial charge in [-0.1, -0.05) is 34.1 Å². The Morgan fingerprint density at radius 1 is 1.14 bits per heavy atom. The second-order valence-corrected chi connectivity index (χ2v) is 7.44. The van der Waals surface area contributed by atoms with Crippen LogP contribution in [0.2, 0.25) is 0 Å². The highest BCUT2D eigenvalue weighted by atomic mass is 79.9. The normalized spacial score (nSPS) is 11.8. The van der Waals surface area contributed by atoms with Gasteiger partial charge in [-0.05, 0) is 40.2 Å². The van der Waals surface area contributed by atoms with E-state index in [1.54, 1.807) is 24.3 Å². The molecule has 0 N–H and O–H groups in total. The number of hydrogen-bond donors (Lipinski definition) is 0. The first kappa shape index (κ1) is 16.2. The van der Waals surface area contributed by atoms with Crippen LogP contribution in [0.5, 0.6) is 5.75 Å². The summed E-state index contributed by atoms with van der Waals surface area (Å²) in [6.07, 6.45) is 1.27. The zero-order valence-corrected chi connectivity index (χ0v) is 14.9. The lowest BCUT2D eigenvalue weighted by molar-refractivity contribution is 0.411. The largest absolute Gasteiger partial charge is 0.495 e. The van der Waals surface area contributed by atoms with Crippen LogP contribution in [0.3, 0.4) is 0 Å². The second-order valence-electron chi connectivity index (χ2n) is 4.03. The van der Waals surface area contributed by atoms with Crippen molar-refractivity contribution < 1.29 is 13.2 Å². The number of rotatable bonds is 4. The van der Waals surface area contributed by atoms with E-state index in [0.717, 1.165) is 4.47 Å². The van der Waals surface area contributed by atoms with Crippen LogP contribution >= 0.6 is 31.9 Å². The predicted molar refractivity (Wildman–Crippen MR) is 89.6 cm³/mol. The number of hydrogen-bond acceptors (Lipinski definition) is 3. The Morgan fingerprint density at radius 2 is 1.81 bits per heavy atom.